The molecule has 1 fully saturated rings. The average Bonchev–Trinajstić information content (AvgIpc) is 2.26. The van der Waals surface area contributed by atoms with Gasteiger partial charge in [-0.1, -0.05) is 24.8 Å². The van der Waals surface area contributed by atoms with E-state index in [1.807, 2.05) is 26.1 Å². The van der Waals surface area contributed by atoms with Crippen LogP contribution in [0.4, 0.5) is 0 Å². The van der Waals surface area contributed by atoms with Gasteiger partial charge < -0.3 is 0 Å². The van der Waals surface area contributed by atoms with Crippen molar-refractivity contribution in [3.63, 3.8) is 0 Å². The predicted octanol–water partition coefficient (Wildman–Crippen LogP) is 1.95. The molecule has 2 nitrogen and oxygen atoms in total. The second-order valence-corrected chi connectivity index (χ2v) is 3.54. The van der Waals surface area contributed by atoms with E-state index in [0.717, 1.165) is 24.1 Å². The highest BCUT2D eigenvalue weighted by molar-refractivity contribution is 6.01. The number of carbonyl (C=O) groups is 1. The van der Waals surface area contributed by atoms with Gasteiger partial charge in [-0.25, -0.2) is 0 Å². The van der Waals surface area contributed by atoms with Crippen LogP contribution in [0.2, 0.25) is 0 Å². The summed E-state index contributed by atoms with van der Waals surface area (Å²) in [5.41, 5.74) is 1.96. The molecule has 0 bridgehead atoms. The minimum Gasteiger partial charge on any atom is -0.299 e. The maximum atomic E-state index is 11.8. The van der Waals surface area contributed by atoms with Gasteiger partial charge in [0.2, 0.25) is 0 Å². The molecular weight excluding hydrogens is 174 g/mol. The van der Waals surface area contributed by atoms with Crippen molar-refractivity contribution in [1.29, 1.82) is 0 Å². The van der Waals surface area contributed by atoms with Gasteiger partial charge in [0.25, 0.3) is 0 Å². The summed E-state index contributed by atoms with van der Waals surface area (Å²) in [5, 5.41) is 0. The standard InChI is InChI=1S/C12H17NO/c1-4-6-10-7-8-13(3)9-12(14)11(10)5-2/h4-6H,1,7-9H2,2-3H3/b10-6-,11-5+. The minimum atomic E-state index is 0.209. The molecule has 1 aliphatic rings. The van der Waals surface area contributed by atoms with Gasteiger partial charge in [0.05, 0.1) is 6.54 Å². The van der Waals surface area contributed by atoms with E-state index in [-0.39, 0.29) is 5.78 Å². The molecule has 0 saturated carbocycles. The lowest BCUT2D eigenvalue weighted by atomic mass is 10.00. The molecule has 0 aromatic rings. The number of rotatable bonds is 1. The Morgan fingerprint density at radius 3 is 2.79 bits per heavy atom. The lowest BCUT2D eigenvalue weighted by Gasteiger charge is -2.09. The fourth-order valence-electron chi connectivity index (χ4n) is 1.70. The number of Topliss-reactive ketones (excluding diaryl/α,β-unsaturated/α-hetero) is 1. The molecule has 0 N–H and O–H groups in total. The molecule has 1 heterocycles. The third kappa shape index (κ3) is 2.42. The first-order valence-electron chi connectivity index (χ1n) is 4.89. The molecule has 1 aliphatic heterocycles. The third-order valence-electron chi connectivity index (χ3n) is 2.43. The highest BCUT2D eigenvalue weighted by Gasteiger charge is 2.19. The average molecular weight is 191 g/mol. The Kier molecular flexibility index (Phi) is 3.84. The number of allylic oxidation sites excluding steroid dienone is 3. The van der Waals surface area contributed by atoms with Gasteiger partial charge >= 0.3 is 0 Å². The second kappa shape index (κ2) is 4.91. The fraction of sp³-hybridized carbons (Fsp3) is 0.417. The largest absolute Gasteiger partial charge is 0.299 e. The zero-order chi connectivity index (χ0) is 10.6. The van der Waals surface area contributed by atoms with E-state index in [2.05, 4.69) is 11.5 Å². The van der Waals surface area contributed by atoms with E-state index in [0.29, 0.717) is 6.54 Å². The molecule has 0 spiro atoms. The van der Waals surface area contributed by atoms with Gasteiger partial charge in [0, 0.05) is 12.1 Å². The molecule has 0 aliphatic carbocycles. The Bertz CT molecular complexity index is 299. The van der Waals surface area contributed by atoms with Crippen molar-refractivity contribution >= 4 is 5.78 Å². The molecular formula is C12H17NO. The van der Waals surface area contributed by atoms with Gasteiger partial charge in [-0.2, -0.15) is 0 Å². The minimum absolute atomic E-state index is 0.209. The Labute approximate surface area is 85.6 Å². The van der Waals surface area contributed by atoms with Crippen molar-refractivity contribution in [2.24, 2.45) is 0 Å². The zero-order valence-electron chi connectivity index (χ0n) is 8.92. The van der Waals surface area contributed by atoms with E-state index in [4.69, 9.17) is 0 Å². The van der Waals surface area contributed by atoms with Crippen LogP contribution in [0.3, 0.4) is 0 Å². The van der Waals surface area contributed by atoms with Crippen molar-refractivity contribution in [3.8, 4) is 0 Å². The van der Waals surface area contributed by atoms with E-state index in [1.165, 1.54) is 0 Å². The summed E-state index contributed by atoms with van der Waals surface area (Å²) in [6.45, 7) is 7.04. The van der Waals surface area contributed by atoms with Crippen molar-refractivity contribution in [3.05, 3.63) is 36.0 Å². The topological polar surface area (TPSA) is 20.3 Å². The molecule has 0 atom stereocenters. The molecule has 1 saturated heterocycles. The van der Waals surface area contributed by atoms with Gasteiger partial charge in [-0.3, -0.25) is 9.69 Å². The molecule has 1 rings (SSSR count). The van der Waals surface area contributed by atoms with E-state index >= 15 is 0 Å². The quantitative estimate of drug-likeness (QED) is 0.590. The SMILES string of the molecule is C=C/C=C1/CCN(C)CC(=O)/C1=C/C. The lowest BCUT2D eigenvalue weighted by molar-refractivity contribution is -0.115. The maximum Gasteiger partial charge on any atom is 0.176 e. The summed E-state index contributed by atoms with van der Waals surface area (Å²) < 4.78 is 0. The monoisotopic (exact) mass is 191 g/mol. The van der Waals surface area contributed by atoms with Gasteiger partial charge in [0.1, 0.15) is 0 Å². The molecule has 0 aromatic heterocycles. The van der Waals surface area contributed by atoms with Crippen LogP contribution in [0.15, 0.2) is 36.0 Å². The van der Waals surface area contributed by atoms with Crippen molar-refractivity contribution < 1.29 is 4.79 Å². The van der Waals surface area contributed by atoms with Crippen LogP contribution < -0.4 is 0 Å². The lowest BCUT2D eigenvalue weighted by Crippen LogP contribution is -2.24. The summed E-state index contributed by atoms with van der Waals surface area (Å²) in [5.74, 6) is 0.209. The summed E-state index contributed by atoms with van der Waals surface area (Å²) in [6, 6.07) is 0. The van der Waals surface area contributed by atoms with Gasteiger partial charge in [0.15, 0.2) is 5.78 Å². The van der Waals surface area contributed by atoms with E-state index in [9.17, 15) is 4.79 Å². The molecule has 0 aromatic carbocycles. The molecule has 0 amide bonds. The summed E-state index contributed by atoms with van der Waals surface area (Å²) in [6.07, 6.45) is 6.51. The van der Waals surface area contributed by atoms with Crippen molar-refractivity contribution in [2.45, 2.75) is 13.3 Å². The van der Waals surface area contributed by atoms with Crippen LogP contribution in [0.1, 0.15) is 13.3 Å². The van der Waals surface area contributed by atoms with Crippen LogP contribution >= 0.6 is 0 Å². The summed E-state index contributed by atoms with van der Waals surface area (Å²) in [4.78, 5) is 13.8. The Morgan fingerprint density at radius 2 is 2.21 bits per heavy atom. The molecule has 76 valence electrons. The van der Waals surface area contributed by atoms with Crippen LogP contribution in [0.25, 0.3) is 0 Å². The van der Waals surface area contributed by atoms with E-state index in [1.54, 1.807) is 6.08 Å². The third-order valence-corrected chi connectivity index (χ3v) is 2.43. The maximum absolute atomic E-state index is 11.8. The number of hydrogen-bond donors (Lipinski definition) is 0. The smallest absolute Gasteiger partial charge is 0.176 e. The second-order valence-electron chi connectivity index (χ2n) is 3.54. The number of ketones is 1. The normalized spacial score (nSPS) is 25.4. The number of nitrogens with zero attached hydrogens (tertiary/aromatic N) is 1. The first-order chi connectivity index (χ1) is 6.69. The zero-order valence-corrected chi connectivity index (χ0v) is 8.92. The first-order valence-corrected chi connectivity index (χ1v) is 4.89. The molecule has 0 radical (unpaired) electrons. The fourth-order valence-corrected chi connectivity index (χ4v) is 1.70. The van der Waals surface area contributed by atoms with E-state index < -0.39 is 0 Å². The molecule has 2 heteroatoms. The molecule has 14 heavy (non-hydrogen) atoms. The summed E-state index contributed by atoms with van der Waals surface area (Å²) in [7, 11) is 1.97. The number of likely N-dealkylation sites (N-methyl/N-ethyl adjacent to an activating group) is 1. The number of carbonyl (C=O) groups excluding carboxylic acids is 1. The van der Waals surface area contributed by atoms with Crippen LogP contribution in [-0.2, 0) is 4.79 Å². The van der Waals surface area contributed by atoms with Crippen LogP contribution in [-0.4, -0.2) is 30.8 Å². The van der Waals surface area contributed by atoms with Gasteiger partial charge in [-0.15, -0.1) is 0 Å². The first kappa shape index (κ1) is 10.9. The Balaban J connectivity index is 3.00. The van der Waals surface area contributed by atoms with Gasteiger partial charge in [-0.05, 0) is 26.0 Å². The highest BCUT2D eigenvalue weighted by Crippen LogP contribution is 2.19. The van der Waals surface area contributed by atoms with Crippen molar-refractivity contribution in [2.75, 3.05) is 20.1 Å². The highest BCUT2D eigenvalue weighted by atomic mass is 16.1. The number of likely N-dealkylation sites (tertiary alicyclic amines) is 1. The summed E-state index contributed by atoms with van der Waals surface area (Å²) >= 11 is 0. The van der Waals surface area contributed by atoms with Crippen molar-refractivity contribution in [1.82, 2.24) is 4.90 Å². The number of hydrogen-bond acceptors (Lipinski definition) is 2. The van der Waals surface area contributed by atoms with Crippen LogP contribution in [0.5, 0.6) is 0 Å². The van der Waals surface area contributed by atoms with Crippen LogP contribution in [0, 0.1) is 0 Å². The predicted molar refractivity (Wildman–Crippen MR) is 59.2 cm³/mol. The Morgan fingerprint density at radius 1 is 1.50 bits per heavy atom. The Hall–Kier alpha value is -1.15. The molecule has 0 unspecified atom stereocenters.